The molecule has 1 aliphatic carbocycles. The zero-order valence-electron chi connectivity index (χ0n) is 13.9. The highest BCUT2D eigenvalue weighted by atomic mass is 16.2. The van der Waals surface area contributed by atoms with Gasteiger partial charge in [-0.25, -0.2) is 4.98 Å². The van der Waals surface area contributed by atoms with Crippen LogP contribution in [-0.2, 0) is 24.2 Å². The van der Waals surface area contributed by atoms with Gasteiger partial charge >= 0.3 is 0 Å². The van der Waals surface area contributed by atoms with Crippen molar-refractivity contribution in [1.82, 2.24) is 19.8 Å². The molecule has 1 fully saturated rings. The molecule has 1 amide bonds. The number of aryl methyl sites for hydroxylation is 1. The number of piperazine rings is 1. The van der Waals surface area contributed by atoms with E-state index in [9.17, 15) is 4.79 Å². The predicted octanol–water partition coefficient (Wildman–Crippen LogP) is 1.86. The molecule has 1 atom stereocenters. The van der Waals surface area contributed by atoms with Gasteiger partial charge in [0.25, 0.3) is 0 Å². The monoisotopic (exact) mass is 324 g/mol. The fourth-order valence-electron chi connectivity index (χ4n) is 3.84. The van der Waals surface area contributed by atoms with Gasteiger partial charge in [-0.05, 0) is 18.4 Å². The van der Waals surface area contributed by atoms with E-state index in [2.05, 4.69) is 50.1 Å². The lowest BCUT2D eigenvalue weighted by Crippen LogP contribution is -2.50. The molecule has 0 bridgehead atoms. The normalized spacial score (nSPS) is 21.5. The van der Waals surface area contributed by atoms with Crippen molar-refractivity contribution in [1.29, 1.82) is 0 Å². The molecule has 0 radical (unpaired) electrons. The lowest BCUT2D eigenvalue weighted by molar-refractivity contribution is -0.137. The number of aromatic nitrogens is 2. The number of nitrogens with one attached hydrogen (secondary N) is 1. The number of fused-ring (bicyclic) bond motifs is 1. The lowest BCUT2D eigenvalue weighted by Gasteiger charge is -2.37. The van der Waals surface area contributed by atoms with Gasteiger partial charge < -0.3 is 9.88 Å². The standard InChI is InChI=1S/C19H24N4O/c24-19(16-6-7-17-18(12-16)21-14-20-17)23-10-8-22(9-11-23)13-15-4-2-1-3-5-15/h1-5,14,16H,6-13H2,(H,20,21). The molecule has 2 heterocycles. The van der Waals surface area contributed by atoms with Gasteiger partial charge in [0.15, 0.2) is 0 Å². The van der Waals surface area contributed by atoms with Crippen LogP contribution in [0.5, 0.6) is 0 Å². The Labute approximate surface area is 142 Å². The molecule has 1 aliphatic heterocycles. The largest absolute Gasteiger partial charge is 0.348 e. The summed E-state index contributed by atoms with van der Waals surface area (Å²) in [6, 6.07) is 10.6. The van der Waals surface area contributed by atoms with Crippen LogP contribution in [0.1, 0.15) is 23.4 Å². The average molecular weight is 324 g/mol. The highest BCUT2D eigenvalue weighted by Gasteiger charge is 2.31. The third-order valence-corrected chi connectivity index (χ3v) is 5.27. The van der Waals surface area contributed by atoms with Gasteiger partial charge in [-0.1, -0.05) is 30.3 Å². The highest BCUT2D eigenvalue weighted by Crippen LogP contribution is 2.25. The van der Waals surface area contributed by atoms with E-state index in [4.69, 9.17) is 0 Å². The first-order valence-corrected chi connectivity index (χ1v) is 8.86. The Bertz CT molecular complexity index is 688. The molecule has 5 nitrogen and oxygen atoms in total. The van der Waals surface area contributed by atoms with E-state index in [1.807, 2.05) is 0 Å². The minimum absolute atomic E-state index is 0.124. The maximum atomic E-state index is 12.8. The third-order valence-electron chi connectivity index (χ3n) is 5.27. The quantitative estimate of drug-likeness (QED) is 0.937. The molecule has 1 N–H and O–H groups in total. The smallest absolute Gasteiger partial charge is 0.226 e. The molecule has 5 heteroatoms. The second-order valence-corrected chi connectivity index (χ2v) is 6.85. The summed E-state index contributed by atoms with van der Waals surface area (Å²) in [5.74, 6) is 0.452. The number of rotatable bonds is 3. The Balaban J connectivity index is 1.30. The Hall–Kier alpha value is -2.14. The second-order valence-electron chi connectivity index (χ2n) is 6.85. The number of hydrogen-bond acceptors (Lipinski definition) is 3. The van der Waals surface area contributed by atoms with Crippen molar-refractivity contribution in [3.05, 3.63) is 53.6 Å². The summed E-state index contributed by atoms with van der Waals surface area (Å²) in [6.45, 7) is 4.59. The Morgan fingerprint density at radius 3 is 2.75 bits per heavy atom. The summed E-state index contributed by atoms with van der Waals surface area (Å²) in [7, 11) is 0. The molecule has 0 spiro atoms. The zero-order valence-corrected chi connectivity index (χ0v) is 13.9. The van der Waals surface area contributed by atoms with Gasteiger partial charge in [0.2, 0.25) is 5.91 Å². The van der Waals surface area contributed by atoms with Crippen molar-refractivity contribution in [2.45, 2.75) is 25.8 Å². The Morgan fingerprint density at radius 2 is 1.96 bits per heavy atom. The molecular formula is C19H24N4O. The van der Waals surface area contributed by atoms with Crippen molar-refractivity contribution < 1.29 is 4.79 Å². The van der Waals surface area contributed by atoms with Crippen LogP contribution < -0.4 is 0 Å². The topological polar surface area (TPSA) is 52.2 Å². The summed E-state index contributed by atoms with van der Waals surface area (Å²) in [5, 5.41) is 0. The van der Waals surface area contributed by atoms with Crippen LogP contribution in [0.3, 0.4) is 0 Å². The summed E-state index contributed by atoms with van der Waals surface area (Å²) < 4.78 is 0. The van der Waals surface area contributed by atoms with Gasteiger partial charge in [0.1, 0.15) is 0 Å². The number of benzene rings is 1. The van der Waals surface area contributed by atoms with Crippen LogP contribution >= 0.6 is 0 Å². The zero-order chi connectivity index (χ0) is 16.4. The predicted molar refractivity (Wildman–Crippen MR) is 92.4 cm³/mol. The van der Waals surface area contributed by atoms with E-state index in [1.165, 1.54) is 5.56 Å². The maximum Gasteiger partial charge on any atom is 0.226 e. The first kappa shape index (κ1) is 15.4. The Kier molecular flexibility index (Phi) is 4.34. The number of H-pyrrole nitrogens is 1. The molecule has 24 heavy (non-hydrogen) atoms. The summed E-state index contributed by atoms with van der Waals surface area (Å²) >= 11 is 0. The number of carbonyl (C=O) groups is 1. The number of carbonyl (C=O) groups excluding carboxylic acids is 1. The maximum absolute atomic E-state index is 12.8. The van der Waals surface area contributed by atoms with E-state index >= 15 is 0 Å². The van der Waals surface area contributed by atoms with Crippen LogP contribution in [0.25, 0.3) is 0 Å². The van der Waals surface area contributed by atoms with E-state index in [-0.39, 0.29) is 5.92 Å². The van der Waals surface area contributed by atoms with E-state index in [1.54, 1.807) is 6.33 Å². The number of aromatic amines is 1. The van der Waals surface area contributed by atoms with Crippen molar-refractivity contribution in [3.63, 3.8) is 0 Å². The molecule has 4 rings (SSSR count). The van der Waals surface area contributed by atoms with Gasteiger partial charge in [-0.3, -0.25) is 9.69 Å². The second kappa shape index (κ2) is 6.77. The van der Waals surface area contributed by atoms with Crippen LogP contribution in [0, 0.1) is 5.92 Å². The molecule has 1 unspecified atom stereocenters. The fraction of sp³-hybridized carbons (Fsp3) is 0.474. The van der Waals surface area contributed by atoms with E-state index in [0.717, 1.165) is 63.4 Å². The minimum Gasteiger partial charge on any atom is -0.348 e. The van der Waals surface area contributed by atoms with Crippen LogP contribution in [0.15, 0.2) is 36.7 Å². The van der Waals surface area contributed by atoms with Gasteiger partial charge in [0, 0.05) is 50.8 Å². The molecule has 1 saturated heterocycles. The number of hydrogen-bond donors (Lipinski definition) is 1. The van der Waals surface area contributed by atoms with Crippen molar-refractivity contribution in [2.75, 3.05) is 26.2 Å². The first-order valence-electron chi connectivity index (χ1n) is 8.86. The van der Waals surface area contributed by atoms with E-state index in [0.29, 0.717) is 5.91 Å². The molecule has 0 saturated carbocycles. The molecule has 2 aromatic rings. The van der Waals surface area contributed by atoms with Crippen molar-refractivity contribution >= 4 is 5.91 Å². The van der Waals surface area contributed by atoms with Gasteiger partial charge in [0.05, 0.1) is 12.0 Å². The van der Waals surface area contributed by atoms with Crippen LogP contribution in [0.4, 0.5) is 0 Å². The lowest BCUT2D eigenvalue weighted by atomic mass is 9.88. The van der Waals surface area contributed by atoms with Gasteiger partial charge in [-0.2, -0.15) is 0 Å². The first-order chi connectivity index (χ1) is 11.8. The van der Waals surface area contributed by atoms with Crippen molar-refractivity contribution in [3.8, 4) is 0 Å². The van der Waals surface area contributed by atoms with Gasteiger partial charge in [-0.15, -0.1) is 0 Å². The number of imidazole rings is 1. The Morgan fingerprint density at radius 1 is 1.17 bits per heavy atom. The molecule has 1 aromatic carbocycles. The summed E-state index contributed by atoms with van der Waals surface area (Å²) in [6.07, 6.45) is 4.42. The van der Waals surface area contributed by atoms with Crippen LogP contribution in [-0.4, -0.2) is 51.9 Å². The molecule has 126 valence electrons. The molecular weight excluding hydrogens is 300 g/mol. The molecule has 2 aliphatic rings. The number of nitrogens with zero attached hydrogens (tertiary/aromatic N) is 3. The summed E-state index contributed by atoms with van der Waals surface area (Å²) in [5.41, 5.74) is 3.64. The minimum atomic E-state index is 0.124. The van der Waals surface area contributed by atoms with Crippen LogP contribution in [0.2, 0.25) is 0 Å². The highest BCUT2D eigenvalue weighted by molar-refractivity contribution is 5.79. The van der Waals surface area contributed by atoms with E-state index < -0.39 is 0 Å². The number of amides is 1. The average Bonchev–Trinajstić information content (AvgIpc) is 3.10. The molecule has 1 aromatic heterocycles. The third kappa shape index (κ3) is 3.22. The summed E-state index contributed by atoms with van der Waals surface area (Å²) in [4.78, 5) is 24.8. The van der Waals surface area contributed by atoms with Crippen molar-refractivity contribution in [2.24, 2.45) is 5.92 Å². The fourth-order valence-corrected chi connectivity index (χ4v) is 3.84. The SMILES string of the molecule is O=C(C1CCc2nc[nH]c2C1)N1CCN(Cc2ccccc2)CC1.